The van der Waals surface area contributed by atoms with Crippen LogP contribution >= 0.6 is 0 Å². The largest absolute Gasteiger partial charge is 0.467 e. The molecular formula is C11H11N3O3. The fourth-order valence-corrected chi connectivity index (χ4v) is 1.14. The summed E-state index contributed by atoms with van der Waals surface area (Å²) in [7, 11) is 0. The summed E-state index contributed by atoms with van der Waals surface area (Å²) in [5, 5.41) is 2.64. The Morgan fingerprint density at radius 3 is 2.88 bits per heavy atom. The van der Waals surface area contributed by atoms with Crippen molar-refractivity contribution in [1.29, 1.82) is 0 Å². The van der Waals surface area contributed by atoms with Crippen molar-refractivity contribution in [3.63, 3.8) is 0 Å². The minimum atomic E-state index is -0.256. The third-order valence-corrected chi connectivity index (χ3v) is 1.91. The number of hydrogen-bond donors (Lipinski definition) is 1. The highest BCUT2D eigenvalue weighted by atomic mass is 16.5. The fourth-order valence-electron chi connectivity index (χ4n) is 1.14. The second-order valence-corrected chi connectivity index (χ2v) is 3.18. The van der Waals surface area contributed by atoms with Crippen molar-refractivity contribution < 1.29 is 13.9 Å². The molecule has 88 valence electrons. The van der Waals surface area contributed by atoms with Crippen LogP contribution in [-0.2, 0) is 11.3 Å². The Hall–Kier alpha value is -2.37. The van der Waals surface area contributed by atoms with Crippen LogP contribution in [0.25, 0.3) is 0 Å². The van der Waals surface area contributed by atoms with E-state index in [1.54, 1.807) is 36.9 Å². The van der Waals surface area contributed by atoms with E-state index in [0.29, 0.717) is 12.3 Å². The van der Waals surface area contributed by atoms with Crippen molar-refractivity contribution in [2.45, 2.75) is 6.54 Å². The van der Waals surface area contributed by atoms with Crippen LogP contribution in [0.3, 0.4) is 0 Å². The van der Waals surface area contributed by atoms with Gasteiger partial charge in [0.15, 0.2) is 6.61 Å². The summed E-state index contributed by atoms with van der Waals surface area (Å²) in [6.07, 6.45) is 4.64. The lowest BCUT2D eigenvalue weighted by atomic mass is 10.4. The molecule has 2 heterocycles. The summed E-state index contributed by atoms with van der Waals surface area (Å²) in [6, 6.07) is 5.39. The first kappa shape index (κ1) is 11.1. The predicted molar refractivity (Wildman–Crippen MR) is 58.1 cm³/mol. The highest BCUT2D eigenvalue weighted by Gasteiger charge is 2.04. The molecule has 2 rings (SSSR count). The van der Waals surface area contributed by atoms with Crippen LogP contribution < -0.4 is 10.1 Å². The number of furan rings is 1. The van der Waals surface area contributed by atoms with Crippen molar-refractivity contribution in [3.8, 4) is 6.01 Å². The van der Waals surface area contributed by atoms with Crippen molar-refractivity contribution in [1.82, 2.24) is 15.3 Å². The van der Waals surface area contributed by atoms with E-state index in [-0.39, 0.29) is 18.5 Å². The molecule has 0 aromatic carbocycles. The van der Waals surface area contributed by atoms with Crippen LogP contribution in [0.5, 0.6) is 6.01 Å². The fraction of sp³-hybridized carbons (Fsp3) is 0.182. The van der Waals surface area contributed by atoms with Crippen LogP contribution in [0, 0.1) is 0 Å². The average Bonchev–Trinajstić information content (AvgIpc) is 2.88. The Labute approximate surface area is 97.6 Å². The number of amides is 1. The first-order valence-electron chi connectivity index (χ1n) is 5.03. The van der Waals surface area contributed by atoms with Gasteiger partial charge in [0.2, 0.25) is 0 Å². The lowest BCUT2D eigenvalue weighted by molar-refractivity contribution is -0.123. The summed E-state index contributed by atoms with van der Waals surface area (Å²) in [5.41, 5.74) is 0. The Morgan fingerprint density at radius 2 is 2.18 bits per heavy atom. The first-order chi connectivity index (χ1) is 8.34. The summed E-state index contributed by atoms with van der Waals surface area (Å²) >= 11 is 0. The van der Waals surface area contributed by atoms with Crippen LogP contribution in [-0.4, -0.2) is 22.5 Å². The molecule has 6 nitrogen and oxygen atoms in total. The second kappa shape index (κ2) is 5.64. The zero-order valence-electron chi connectivity index (χ0n) is 9.00. The van der Waals surface area contributed by atoms with Gasteiger partial charge in [-0.05, 0) is 18.2 Å². The van der Waals surface area contributed by atoms with E-state index in [9.17, 15) is 4.79 Å². The maximum atomic E-state index is 11.4. The van der Waals surface area contributed by atoms with E-state index < -0.39 is 0 Å². The molecule has 0 fully saturated rings. The van der Waals surface area contributed by atoms with E-state index in [1.165, 1.54) is 0 Å². The molecule has 0 saturated carbocycles. The van der Waals surface area contributed by atoms with Gasteiger partial charge in [-0.3, -0.25) is 4.79 Å². The standard InChI is InChI=1S/C11H11N3O3/c15-10(14-7-9-3-1-6-16-9)8-17-11-12-4-2-5-13-11/h1-6H,7-8H2,(H,14,15). The zero-order chi connectivity index (χ0) is 11.9. The Kier molecular flexibility index (Phi) is 3.69. The van der Waals surface area contributed by atoms with Gasteiger partial charge in [0, 0.05) is 12.4 Å². The van der Waals surface area contributed by atoms with Crippen LogP contribution in [0.15, 0.2) is 41.3 Å². The predicted octanol–water partition coefficient (Wildman–Crippen LogP) is 0.765. The van der Waals surface area contributed by atoms with E-state index in [2.05, 4.69) is 15.3 Å². The highest BCUT2D eigenvalue weighted by Crippen LogP contribution is 1.99. The van der Waals surface area contributed by atoms with Gasteiger partial charge < -0.3 is 14.5 Å². The minimum Gasteiger partial charge on any atom is -0.467 e. The van der Waals surface area contributed by atoms with E-state index >= 15 is 0 Å². The average molecular weight is 233 g/mol. The molecule has 0 atom stereocenters. The molecule has 0 bridgehead atoms. The number of ether oxygens (including phenoxy) is 1. The SMILES string of the molecule is O=C(COc1ncccn1)NCc1ccco1. The third kappa shape index (κ3) is 3.60. The molecule has 0 aliphatic heterocycles. The molecule has 1 N–H and O–H groups in total. The van der Waals surface area contributed by atoms with Crippen molar-refractivity contribution >= 4 is 5.91 Å². The third-order valence-electron chi connectivity index (χ3n) is 1.91. The molecule has 0 aliphatic rings. The van der Waals surface area contributed by atoms with E-state index in [4.69, 9.17) is 9.15 Å². The van der Waals surface area contributed by atoms with Crippen molar-refractivity contribution in [2.24, 2.45) is 0 Å². The van der Waals surface area contributed by atoms with Gasteiger partial charge in [-0.15, -0.1) is 0 Å². The molecule has 0 radical (unpaired) electrons. The summed E-state index contributed by atoms with van der Waals surface area (Å²) in [5.74, 6) is 0.433. The summed E-state index contributed by atoms with van der Waals surface area (Å²) in [6.45, 7) is 0.218. The molecule has 1 amide bonds. The van der Waals surface area contributed by atoms with Gasteiger partial charge in [0.05, 0.1) is 12.8 Å². The maximum Gasteiger partial charge on any atom is 0.316 e. The monoisotopic (exact) mass is 233 g/mol. The zero-order valence-corrected chi connectivity index (χ0v) is 9.00. The van der Waals surface area contributed by atoms with Gasteiger partial charge in [-0.1, -0.05) is 0 Å². The van der Waals surface area contributed by atoms with Gasteiger partial charge >= 0.3 is 6.01 Å². The van der Waals surface area contributed by atoms with Crippen molar-refractivity contribution in [3.05, 3.63) is 42.6 Å². The molecule has 6 heteroatoms. The lowest BCUT2D eigenvalue weighted by Gasteiger charge is -2.04. The van der Waals surface area contributed by atoms with Gasteiger partial charge in [-0.25, -0.2) is 9.97 Å². The molecule has 2 aromatic heterocycles. The molecule has 0 saturated heterocycles. The lowest BCUT2D eigenvalue weighted by Crippen LogP contribution is -2.28. The smallest absolute Gasteiger partial charge is 0.316 e. The van der Waals surface area contributed by atoms with Crippen LogP contribution in [0.2, 0.25) is 0 Å². The molecule has 17 heavy (non-hydrogen) atoms. The Bertz CT molecular complexity index is 456. The maximum absolute atomic E-state index is 11.4. The number of nitrogens with zero attached hydrogens (tertiary/aromatic N) is 2. The Morgan fingerprint density at radius 1 is 1.35 bits per heavy atom. The number of carbonyl (C=O) groups excluding carboxylic acids is 1. The van der Waals surface area contributed by atoms with Crippen LogP contribution in [0.1, 0.15) is 5.76 Å². The van der Waals surface area contributed by atoms with E-state index in [0.717, 1.165) is 0 Å². The van der Waals surface area contributed by atoms with Crippen molar-refractivity contribution in [2.75, 3.05) is 6.61 Å². The normalized spacial score (nSPS) is 9.88. The molecule has 0 spiro atoms. The summed E-state index contributed by atoms with van der Waals surface area (Å²) in [4.78, 5) is 19.0. The van der Waals surface area contributed by atoms with Gasteiger partial charge in [-0.2, -0.15) is 0 Å². The molecule has 2 aromatic rings. The number of rotatable bonds is 5. The first-order valence-corrected chi connectivity index (χ1v) is 5.03. The number of aromatic nitrogens is 2. The van der Waals surface area contributed by atoms with Gasteiger partial charge in [0.25, 0.3) is 5.91 Å². The number of nitrogens with one attached hydrogen (secondary N) is 1. The van der Waals surface area contributed by atoms with Crippen LogP contribution in [0.4, 0.5) is 0 Å². The quantitative estimate of drug-likeness (QED) is 0.825. The molecular weight excluding hydrogens is 222 g/mol. The summed E-state index contributed by atoms with van der Waals surface area (Å²) < 4.78 is 10.1. The Balaban J connectivity index is 1.71. The minimum absolute atomic E-state index is 0.120. The highest BCUT2D eigenvalue weighted by molar-refractivity contribution is 5.77. The molecule has 0 unspecified atom stereocenters. The topological polar surface area (TPSA) is 77.2 Å². The molecule has 0 aliphatic carbocycles. The number of hydrogen-bond acceptors (Lipinski definition) is 5. The number of carbonyl (C=O) groups is 1. The van der Waals surface area contributed by atoms with Gasteiger partial charge in [0.1, 0.15) is 5.76 Å². The van der Waals surface area contributed by atoms with E-state index in [1.807, 2.05) is 0 Å². The second-order valence-electron chi connectivity index (χ2n) is 3.18.